The summed E-state index contributed by atoms with van der Waals surface area (Å²) < 4.78 is 5.15. The number of thioether (sulfide) groups is 1. The van der Waals surface area contributed by atoms with Gasteiger partial charge in [0.25, 0.3) is 0 Å². The Kier molecular flexibility index (Phi) is 7.01. The van der Waals surface area contributed by atoms with Crippen LogP contribution in [0.15, 0.2) is 57.7 Å². The van der Waals surface area contributed by atoms with Gasteiger partial charge in [0, 0.05) is 11.7 Å². The highest BCUT2D eigenvalue weighted by molar-refractivity contribution is 8.16. The minimum Gasteiger partial charge on any atom is -0.466 e. The number of fused-ring (bicyclic) bond motifs is 1. The second-order valence-electron chi connectivity index (χ2n) is 8.33. The van der Waals surface area contributed by atoms with Crippen molar-refractivity contribution in [3.05, 3.63) is 58.3 Å². The topological polar surface area (TPSA) is 74.2 Å². The number of likely N-dealkylation sites (tertiary alicyclic amines) is 1. The molecule has 1 aromatic rings. The lowest BCUT2D eigenvalue weighted by Gasteiger charge is -2.36. The minimum atomic E-state index is -0.384. The Morgan fingerprint density at radius 1 is 1.22 bits per heavy atom. The van der Waals surface area contributed by atoms with Gasteiger partial charge in [0.05, 0.1) is 30.8 Å². The molecule has 0 saturated carbocycles. The molecule has 0 bridgehead atoms. The molecular formula is C24H30N4O3S. The fourth-order valence-corrected chi connectivity index (χ4v) is 5.40. The molecular weight excluding hydrogens is 424 g/mol. The van der Waals surface area contributed by atoms with Crippen LogP contribution in [0.4, 0.5) is 0 Å². The number of hydrogen-bond donors (Lipinski definition) is 1. The maximum absolute atomic E-state index is 12.9. The van der Waals surface area contributed by atoms with Crippen LogP contribution in [0.2, 0.25) is 0 Å². The number of aliphatic imine (C=N–C) groups is 1. The van der Waals surface area contributed by atoms with E-state index in [1.807, 2.05) is 47.6 Å². The van der Waals surface area contributed by atoms with Gasteiger partial charge in [-0.25, -0.2) is 9.79 Å². The van der Waals surface area contributed by atoms with E-state index in [4.69, 9.17) is 9.73 Å². The van der Waals surface area contributed by atoms with E-state index < -0.39 is 0 Å². The molecule has 0 unspecified atom stereocenters. The van der Waals surface area contributed by atoms with Crippen LogP contribution in [0.5, 0.6) is 0 Å². The van der Waals surface area contributed by atoms with Crippen molar-refractivity contribution in [1.82, 2.24) is 15.1 Å². The lowest BCUT2D eigenvalue weighted by molar-refractivity contribution is -0.136. The van der Waals surface area contributed by atoms with E-state index in [1.165, 1.54) is 18.9 Å². The molecule has 3 aliphatic heterocycles. The first-order chi connectivity index (χ1) is 15.5. The average Bonchev–Trinajstić information content (AvgIpc) is 3.21. The molecule has 0 aromatic heterocycles. The van der Waals surface area contributed by atoms with Crippen molar-refractivity contribution in [3.8, 4) is 0 Å². The number of allylic oxidation sites excluding steroid dienone is 1. The van der Waals surface area contributed by atoms with E-state index in [0.717, 1.165) is 48.1 Å². The van der Waals surface area contributed by atoms with Gasteiger partial charge in [-0.05, 0) is 50.4 Å². The number of piperidine rings is 1. The fraction of sp³-hybridized carbons (Fsp3) is 0.458. The van der Waals surface area contributed by atoms with Gasteiger partial charge in [-0.15, -0.1) is 0 Å². The molecule has 170 valence electrons. The Hall–Kier alpha value is -2.58. The van der Waals surface area contributed by atoms with Gasteiger partial charge in [-0.1, -0.05) is 49.0 Å². The third-order valence-corrected chi connectivity index (χ3v) is 7.06. The second-order valence-corrected chi connectivity index (χ2v) is 9.17. The van der Waals surface area contributed by atoms with Crippen molar-refractivity contribution in [1.29, 1.82) is 0 Å². The normalized spacial score (nSPS) is 21.7. The molecule has 32 heavy (non-hydrogen) atoms. The monoisotopic (exact) mass is 454 g/mol. The first-order valence-corrected chi connectivity index (χ1v) is 12.0. The highest BCUT2D eigenvalue weighted by atomic mass is 32.2. The molecule has 1 aromatic carbocycles. The summed E-state index contributed by atoms with van der Waals surface area (Å²) in [4.78, 5) is 34.8. The highest BCUT2D eigenvalue weighted by Gasteiger charge is 2.41. The van der Waals surface area contributed by atoms with Gasteiger partial charge in [0.15, 0.2) is 5.17 Å². The third-order valence-electron chi connectivity index (χ3n) is 6.17. The zero-order valence-corrected chi connectivity index (χ0v) is 19.7. The van der Waals surface area contributed by atoms with Gasteiger partial charge in [-0.2, -0.15) is 0 Å². The molecule has 7 nitrogen and oxygen atoms in total. The molecule has 0 aliphatic carbocycles. The molecule has 0 radical (unpaired) electrons. The summed E-state index contributed by atoms with van der Waals surface area (Å²) in [5.74, 6) is -0.380. The predicted molar refractivity (Wildman–Crippen MR) is 127 cm³/mol. The molecule has 1 atom stereocenters. The average molecular weight is 455 g/mol. The molecule has 8 heteroatoms. The van der Waals surface area contributed by atoms with Crippen molar-refractivity contribution >= 4 is 28.8 Å². The Labute approximate surface area is 193 Å². The highest BCUT2D eigenvalue weighted by Crippen LogP contribution is 2.45. The number of benzene rings is 1. The predicted octanol–water partition coefficient (Wildman–Crippen LogP) is 3.43. The molecule has 1 amide bonds. The summed E-state index contributed by atoms with van der Waals surface area (Å²) in [7, 11) is 3.50. The van der Waals surface area contributed by atoms with Crippen LogP contribution in [0.1, 0.15) is 44.2 Å². The summed E-state index contributed by atoms with van der Waals surface area (Å²) in [6, 6.07) is 9.72. The largest absolute Gasteiger partial charge is 0.466 e. The number of amides is 1. The smallest absolute Gasteiger partial charge is 0.338 e. The molecule has 1 fully saturated rings. The van der Waals surface area contributed by atoms with E-state index >= 15 is 0 Å². The van der Waals surface area contributed by atoms with Gasteiger partial charge in [0.2, 0.25) is 5.91 Å². The van der Waals surface area contributed by atoms with Crippen molar-refractivity contribution in [2.24, 2.45) is 4.99 Å². The number of nitrogens with one attached hydrogen (secondary N) is 1. The summed E-state index contributed by atoms with van der Waals surface area (Å²) in [6.07, 6.45) is 2.80. The number of carbonyl (C=O) groups is 2. The van der Waals surface area contributed by atoms with Crippen molar-refractivity contribution in [2.75, 3.05) is 27.2 Å². The molecule has 0 spiro atoms. The number of methoxy groups -OCH3 is 1. The zero-order valence-electron chi connectivity index (χ0n) is 18.8. The minimum absolute atomic E-state index is 0.00403. The van der Waals surface area contributed by atoms with Crippen LogP contribution in [0.3, 0.4) is 0 Å². The van der Waals surface area contributed by atoms with Crippen molar-refractivity contribution < 1.29 is 14.3 Å². The zero-order chi connectivity index (χ0) is 22.7. The SMILES string of the molecule is CCC1=C(C(=O)OC)[C@@H](c2ccccc2)N2C(CC(=O)NC3CCN(C)CC3)=CSC2=N1. The maximum Gasteiger partial charge on any atom is 0.338 e. The quantitative estimate of drug-likeness (QED) is 0.664. The van der Waals surface area contributed by atoms with E-state index in [9.17, 15) is 9.59 Å². The number of esters is 1. The number of carbonyl (C=O) groups excluding carboxylic acids is 2. The van der Waals surface area contributed by atoms with E-state index in [1.54, 1.807) is 0 Å². The summed E-state index contributed by atoms with van der Waals surface area (Å²) in [5, 5.41) is 5.97. The van der Waals surface area contributed by atoms with Gasteiger partial charge >= 0.3 is 5.97 Å². The van der Waals surface area contributed by atoms with Gasteiger partial charge in [-0.3, -0.25) is 4.79 Å². The molecule has 3 aliphatic rings. The van der Waals surface area contributed by atoms with Crippen molar-refractivity contribution in [2.45, 2.75) is 44.7 Å². The van der Waals surface area contributed by atoms with E-state index in [0.29, 0.717) is 12.0 Å². The summed E-state index contributed by atoms with van der Waals surface area (Å²) in [5.41, 5.74) is 3.09. The molecule has 4 rings (SSSR count). The molecule has 3 heterocycles. The van der Waals surface area contributed by atoms with Crippen LogP contribution in [-0.4, -0.2) is 60.1 Å². The molecule has 1 saturated heterocycles. The number of rotatable bonds is 6. The van der Waals surface area contributed by atoms with Crippen LogP contribution in [0, 0.1) is 0 Å². The number of hydrogen-bond acceptors (Lipinski definition) is 7. The van der Waals surface area contributed by atoms with Crippen molar-refractivity contribution in [3.63, 3.8) is 0 Å². The summed E-state index contributed by atoms with van der Waals surface area (Å²) in [6.45, 7) is 3.98. The lowest BCUT2D eigenvalue weighted by Crippen LogP contribution is -2.44. The maximum atomic E-state index is 12.9. The Morgan fingerprint density at radius 3 is 2.59 bits per heavy atom. The molecule has 1 N–H and O–H groups in total. The Bertz CT molecular complexity index is 965. The van der Waals surface area contributed by atoms with Gasteiger partial charge < -0.3 is 19.9 Å². The first-order valence-electron chi connectivity index (χ1n) is 11.1. The van der Waals surface area contributed by atoms with E-state index in [2.05, 4.69) is 17.3 Å². The number of nitrogens with zero attached hydrogens (tertiary/aromatic N) is 3. The lowest BCUT2D eigenvalue weighted by atomic mass is 9.93. The van der Waals surface area contributed by atoms with Crippen LogP contribution in [-0.2, 0) is 14.3 Å². The van der Waals surface area contributed by atoms with Crippen LogP contribution < -0.4 is 5.32 Å². The first kappa shape index (κ1) is 22.6. The Morgan fingerprint density at radius 2 is 1.94 bits per heavy atom. The number of amidine groups is 1. The fourth-order valence-electron chi connectivity index (χ4n) is 4.46. The van der Waals surface area contributed by atoms with E-state index in [-0.39, 0.29) is 30.4 Å². The standard InChI is InChI=1S/C24H30N4O3S/c1-4-19-21(23(30)31-3)22(16-8-6-5-7-9-16)28-18(15-32-24(28)26-19)14-20(29)25-17-10-12-27(2)13-11-17/h5-9,15,17,22H,4,10-14H2,1-3H3,(H,25,29)/t22-/m1/s1. The van der Waals surface area contributed by atoms with Crippen LogP contribution >= 0.6 is 11.8 Å². The second kappa shape index (κ2) is 9.92. The number of ether oxygens (including phenoxy) is 1. The summed E-state index contributed by atoms with van der Waals surface area (Å²) >= 11 is 1.50. The Balaban J connectivity index is 1.60. The third kappa shape index (κ3) is 4.61. The van der Waals surface area contributed by atoms with Gasteiger partial charge in [0.1, 0.15) is 0 Å². The van der Waals surface area contributed by atoms with Crippen LogP contribution in [0.25, 0.3) is 0 Å².